The number of nitrogens with one attached hydrogen (secondary N) is 2. The summed E-state index contributed by atoms with van der Waals surface area (Å²) in [5, 5.41) is 13.9. The summed E-state index contributed by atoms with van der Waals surface area (Å²) in [4.78, 5) is 33.3. The van der Waals surface area contributed by atoms with E-state index in [-0.39, 0.29) is 24.8 Å². The maximum atomic E-state index is 11.6. The summed E-state index contributed by atoms with van der Waals surface area (Å²) in [6.45, 7) is 6.06. The SMILES string of the molecule is COC(=O)CCNC(=O)NC(CC(=O)O)CC(C)(C)C. The van der Waals surface area contributed by atoms with Crippen LogP contribution in [-0.4, -0.2) is 42.8 Å². The first-order valence-electron chi connectivity index (χ1n) is 6.47. The van der Waals surface area contributed by atoms with Gasteiger partial charge in [0.1, 0.15) is 0 Å². The number of urea groups is 1. The fraction of sp³-hybridized carbons (Fsp3) is 0.769. The van der Waals surface area contributed by atoms with Crippen LogP contribution in [0.15, 0.2) is 0 Å². The Morgan fingerprint density at radius 1 is 1.25 bits per heavy atom. The normalized spacial score (nSPS) is 12.4. The number of carbonyl (C=O) groups excluding carboxylic acids is 2. The lowest BCUT2D eigenvalue weighted by Crippen LogP contribution is -2.45. The second kappa shape index (κ2) is 8.39. The molecule has 7 nitrogen and oxygen atoms in total. The highest BCUT2D eigenvalue weighted by molar-refractivity contribution is 5.76. The molecule has 0 aliphatic heterocycles. The lowest BCUT2D eigenvalue weighted by Gasteiger charge is -2.25. The molecular weight excluding hydrogens is 264 g/mol. The summed E-state index contributed by atoms with van der Waals surface area (Å²) >= 11 is 0. The highest BCUT2D eigenvalue weighted by Crippen LogP contribution is 2.22. The Hall–Kier alpha value is -1.79. The minimum absolute atomic E-state index is 0.0762. The van der Waals surface area contributed by atoms with Crippen LogP contribution in [0.2, 0.25) is 0 Å². The summed E-state index contributed by atoms with van der Waals surface area (Å²) in [5.41, 5.74) is -0.0978. The standard InChI is InChI=1S/C13H24N2O5/c1-13(2,3)8-9(7-10(16)17)15-12(19)14-6-5-11(18)20-4/h9H,5-8H2,1-4H3,(H,16,17)(H2,14,15,19). The Labute approximate surface area is 119 Å². The minimum Gasteiger partial charge on any atom is -0.481 e. The van der Waals surface area contributed by atoms with E-state index in [4.69, 9.17) is 5.11 Å². The molecule has 7 heteroatoms. The quantitative estimate of drug-likeness (QED) is 0.609. The van der Waals surface area contributed by atoms with Crippen molar-refractivity contribution in [1.29, 1.82) is 0 Å². The van der Waals surface area contributed by atoms with Gasteiger partial charge in [-0.15, -0.1) is 0 Å². The van der Waals surface area contributed by atoms with Gasteiger partial charge in [0.05, 0.1) is 20.0 Å². The van der Waals surface area contributed by atoms with Crippen molar-refractivity contribution in [2.24, 2.45) is 5.41 Å². The van der Waals surface area contributed by atoms with E-state index in [0.717, 1.165) is 0 Å². The average Bonchev–Trinajstić information content (AvgIpc) is 2.25. The minimum atomic E-state index is -0.964. The number of hydrogen-bond donors (Lipinski definition) is 3. The van der Waals surface area contributed by atoms with Gasteiger partial charge in [0.2, 0.25) is 0 Å². The zero-order chi connectivity index (χ0) is 15.8. The molecule has 0 saturated heterocycles. The van der Waals surface area contributed by atoms with Crippen LogP contribution < -0.4 is 10.6 Å². The highest BCUT2D eigenvalue weighted by Gasteiger charge is 2.22. The molecule has 2 amide bonds. The van der Waals surface area contributed by atoms with Gasteiger partial charge in [0, 0.05) is 12.6 Å². The number of hydrogen-bond acceptors (Lipinski definition) is 4. The second-order valence-corrected chi connectivity index (χ2v) is 5.79. The van der Waals surface area contributed by atoms with Crippen molar-refractivity contribution in [2.75, 3.05) is 13.7 Å². The van der Waals surface area contributed by atoms with Crippen molar-refractivity contribution in [1.82, 2.24) is 10.6 Å². The third-order valence-electron chi connectivity index (χ3n) is 2.46. The summed E-state index contributed by atoms with van der Waals surface area (Å²) in [5.74, 6) is -1.38. The van der Waals surface area contributed by atoms with Gasteiger partial charge in [-0.3, -0.25) is 9.59 Å². The smallest absolute Gasteiger partial charge is 0.315 e. The zero-order valence-electron chi connectivity index (χ0n) is 12.5. The van der Waals surface area contributed by atoms with E-state index in [9.17, 15) is 14.4 Å². The lowest BCUT2D eigenvalue weighted by atomic mass is 9.87. The van der Waals surface area contributed by atoms with Gasteiger partial charge in [0.25, 0.3) is 0 Å². The Morgan fingerprint density at radius 2 is 1.85 bits per heavy atom. The molecule has 1 atom stereocenters. The van der Waals surface area contributed by atoms with Crippen LogP contribution >= 0.6 is 0 Å². The highest BCUT2D eigenvalue weighted by atomic mass is 16.5. The van der Waals surface area contributed by atoms with E-state index in [0.29, 0.717) is 6.42 Å². The third-order valence-corrected chi connectivity index (χ3v) is 2.46. The van der Waals surface area contributed by atoms with Gasteiger partial charge >= 0.3 is 18.0 Å². The molecule has 0 aliphatic rings. The van der Waals surface area contributed by atoms with E-state index in [1.165, 1.54) is 7.11 Å². The van der Waals surface area contributed by atoms with Crippen molar-refractivity contribution in [3.05, 3.63) is 0 Å². The Balaban J connectivity index is 4.24. The Morgan fingerprint density at radius 3 is 2.30 bits per heavy atom. The molecule has 0 rings (SSSR count). The van der Waals surface area contributed by atoms with Gasteiger partial charge in [0.15, 0.2) is 0 Å². The topological polar surface area (TPSA) is 105 Å². The van der Waals surface area contributed by atoms with E-state index in [1.807, 2.05) is 20.8 Å². The Bertz CT molecular complexity index is 349. The fourth-order valence-electron chi connectivity index (χ4n) is 1.74. The first-order chi connectivity index (χ1) is 9.14. The maximum Gasteiger partial charge on any atom is 0.315 e. The molecule has 20 heavy (non-hydrogen) atoms. The predicted molar refractivity (Wildman–Crippen MR) is 73.3 cm³/mol. The predicted octanol–water partition coefficient (Wildman–Crippen LogP) is 1.13. The molecule has 0 bridgehead atoms. The van der Waals surface area contributed by atoms with Crippen LogP contribution in [0.25, 0.3) is 0 Å². The van der Waals surface area contributed by atoms with E-state index in [2.05, 4.69) is 15.4 Å². The van der Waals surface area contributed by atoms with Crippen LogP contribution in [0, 0.1) is 5.41 Å². The average molecular weight is 288 g/mol. The molecule has 116 valence electrons. The molecule has 0 aliphatic carbocycles. The number of ether oxygens (including phenoxy) is 1. The number of carboxylic acids is 1. The number of rotatable bonds is 7. The number of aliphatic carboxylic acids is 1. The number of carboxylic acid groups (broad SMARTS) is 1. The first kappa shape index (κ1) is 18.2. The van der Waals surface area contributed by atoms with E-state index >= 15 is 0 Å². The molecular formula is C13H24N2O5. The lowest BCUT2D eigenvalue weighted by molar-refractivity contribution is -0.140. The summed E-state index contributed by atoms with van der Waals surface area (Å²) in [6, 6.07) is -0.935. The molecule has 0 aromatic rings. The van der Waals surface area contributed by atoms with Gasteiger partial charge < -0.3 is 20.5 Å². The van der Waals surface area contributed by atoms with Crippen molar-refractivity contribution < 1.29 is 24.2 Å². The van der Waals surface area contributed by atoms with Crippen molar-refractivity contribution in [3.8, 4) is 0 Å². The summed E-state index contributed by atoms with van der Waals surface area (Å²) < 4.78 is 4.44. The largest absolute Gasteiger partial charge is 0.481 e. The van der Waals surface area contributed by atoms with E-state index < -0.39 is 24.0 Å². The number of carbonyl (C=O) groups is 3. The first-order valence-corrected chi connectivity index (χ1v) is 6.47. The van der Waals surface area contributed by atoms with Crippen LogP contribution in [-0.2, 0) is 14.3 Å². The molecule has 0 saturated carbocycles. The molecule has 0 radical (unpaired) electrons. The van der Waals surface area contributed by atoms with E-state index in [1.54, 1.807) is 0 Å². The molecule has 0 aromatic heterocycles. The molecule has 0 heterocycles. The number of amides is 2. The third kappa shape index (κ3) is 10.2. The summed E-state index contributed by atoms with van der Waals surface area (Å²) in [7, 11) is 1.27. The number of methoxy groups -OCH3 is 1. The maximum absolute atomic E-state index is 11.6. The molecule has 0 fully saturated rings. The molecule has 0 aromatic carbocycles. The van der Waals surface area contributed by atoms with Gasteiger partial charge in [-0.1, -0.05) is 20.8 Å². The van der Waals surface area contributed by atoms with Crippen LogP contribution in [0.3, 0.4) is 0 Å². The van der Waals surface area contributed by atoms with Crippen LogP contribution in [0.1, 0.15) is 40.0 Å². The Kier molecular flexibility index (Phi) is 7.64. The summed E-state index contributed by atoms with van der Waals surface area (Å²) in [6.07, 6.45) is 0.484. The molecule has 1 unspecified atom stereocenters. The zero-order valence-corrected chi connectivity index (χ0v) is 12.5. The van der Waals surface area contributed by atoms with Crippen molar-refractivity contribution in [2.45, 2.75) is 46.1 Å². The van der Waals surface area contributed by atoms with Gasteiger partial charge in [-0.05, 0) is 11.8 Å². The molecule has 3 N–H and O–H groups in total. The van der Waals surface area contributed by atoms with Crippen LogP contribution in [0.4, 0.5) is 4.79 Å². The van der Waals surface area contributed by atoms with Crippen molar-refractivity contribution in [3.63, 3.8) is 0 Å². The van der Waals surface area contributed by atoms with Gasteiger partial charge in [-0.2, -0.15) is 0 Å². The van der Waals surface area contributed by atoms with Crippen LogP contribution in [0.5, 0.6) is 0 Å². The second-order valence-electron chi connectivity index (χ2n) is 5.79. The number of esters is 1. The molecule has 0 spiro atoms. The monoisotopic (exact) mass is 288 g/mol. The van der Waals surface area contributed by atoms with Gasteiger partial charge in [-0.25, -0.2) is 4.79 Å². The fourth-order valence-corrected chi connectivity index (χ4v) is 1.74. The van der Waals surface area contributed by atoms with Crippen molar-refractivity contribution >= 4 is 18.0 Å².